The van der Waals surface area contributed by atoms with Crippen LogP contribution in [0.15, 0.2) is 36.4 Å². The second-order valence-electron chi connectivity index (χ2n) is 4.59. The fourth-order valence-corrected chi connectivity index (χ4v) is 2.22. The van der Waals surface area contributed by atoms with Crippen LogP contribution in [0.3, 0.4) is 0 Å². The summed E-state index contributed by atoms with van der Waals surface area (Å²) in [4.78, 5) is 0.345. The molecule has 0 unspecified atom stereocenters. The zero-order valence-electron chi connectivity index (χ0n) is 11.9. The van der Waals surface area contributed by atoms with E-state index in [0.717, 1.165) is 28.2 Å². The van der Waals surface area contributed by atoms with Gasteiger partial charge in [0.15, 0.2) is 0 Å². The molecule has 0 saturated carbocycles. The highest BCUT2D eigenvalue weighted by Crippen LogP contribution is 2.26. The molecule has 2 N–H and O–H groups in total. The first kappa shape index (κ1) is 15.6. The van der Waals surface area contributed by atoms with Crippen LogP contribution in [0.25, 0.3) is 0 Å². The van der Waals surface area contributed by atoms with Crippen molar-refractivity contribution < 1.29 is 9.47 Å². The molecule has 2 aromatic rings. The van der Waals surface area contributed by atoms with Crippen molar-refractivity contribution in [2.45, 2.75) is 13.5 Å². The van der Waals surface area contributed by atoms with Gasteiger partial charge in [0.25, 0.3) is 0 Å². The molecule has 0 aliphatic rings. The standard InChI is InChI=1S/C16H16ClNO2S/c1-10-3-5-13(17)8-15(10)20-9-12-7-11(16(18)21)4-6-14(12)19-2/h3-8H,9H2,1-2H3,(H2,18,21). The van der Waals surface area contributed by atoms with E-state index < -0.39 is 0 Å². The van der Waals surface area contributed by atoms with Gasteiger partial charge < -0.3 is 15.2 Å². The average Bonchev–Trinajstić information content (AvgIpc) is 2.47. The minimum Gasteiger partial charge on any atom is -0.496 e. The number of benzene rings is 2. The van der Waals surface area contributed by atoms with Gasteiger partial charge in [0.05, 0.1) is 7.11 Å². The quantitative estimate of drug-likeness (QED) is 0.849. The van der Waals surface area contributed by atoms with Crippen molar-refractivity contribution in [2.75, 3.05) is 7.11 Å². The highest BCUT2D eigenvalue weighted by molar-refractivity contribution is 7.80. The molecule has 0 fully saturated rings. The van der Waals surface area contributed by atoms with Crippen molar-refractivity contribution in [2.24, 2.45) is 5.73 Å². The van der Waals surface area contributed by atoms with Crippen molar-refractivity contribution in [1.82, 2.24) is 0 Å². The lowest BCUT2D eigenvalue weighted by molar-refractivity contribution is 0.295. The Morgan fingerprint density at radius 3 is 2.62 bits per heavy atom. The second-order valence-corrected chi connectivity index (χ2v) is 5.47. The van der Waals surface area contributed by atoms with Crippen LogP contribution in [0, 0.1) is 6.92 Å². The first-order valence-corrected chi connectivity index (χ1v) is 7.15. The van der Waals surface area contributed by atoms with Gasteiger partial charge in [-0.1, -0.05) is 29.9 Å². The summed E-state index contributed by atoms with van der Waals surface area (Å²) >= 11 is 11.0. The van der Waals surface area contributed by atoms with Gasteiger partial charge in [-0.2, -0.15) is 0 Å². The van der Waals surface area contributed by atoms with E-state index in [1.165, 1.54) is 0 Å². The topological polar surface area (TPSA) is 44.5 Å². The van der Waals surface area contributed by atoms with E-state index in [2.05, 4.69) is 0 Å². The predicted molar refractivity (Wildman–Crippen MR) is 89.4 cm³/mol. The Kier molecular flexibility index (Phi) is 5.04. The average molecular weight is 322 g/mol. The number of nitrogens with two attached hydrogens (primary N) is 1. The van der Waals surface area contributed by atoms with Crippen LogP contribution in [0.1, 0.15) is 16.7 Å². The molecule has 0 amide bonds. The molecule has 5 heteroatoms. The Morgan fingerprint density at radius 1 is 1.19 bits per heavy atom. The van der Waals surface area contributed by atoms with Crippen molar-refractivity contribution in [3.8, 4) is 11.5 Å². The van der Waals surface area contributed by atoms with Crippen LogP contribution in [0.2, 0.25) is 5.02 Å². The molecule has 2 aromatic carbocycles. The van der Waals surface area contributed by atoms with Crippen LogP contribution < -0.4 is 15.2 Å². The van der Waals surface area contributed by atoms with Gasteiger partial charge in [-0.3, -0.25) is 0 Å². The van der Waals surface area contributed by atoms with E-state index in [0.29, 0.717) is 16.6 Å². The van der Waals surface area contributed by atoms with Gasteiger partial charge in [-0.25, -0.2) is 0 Å². The molecule has 0 aromatic heterocycles. The van der Waals surface area contributed by atoms with Crippen molar-refractivity contribution >= 4 is 28.8 Å². The summed E-state index contributed by atoms with van der Waals surface area (Å²) in [6.45, 7) is 2.31. The lowest BCUT2D eigenvalue weighted by atomic mass is 10.1. The van der Waals surface area contributed by atoms with Gasteiger partial charge in [-0.15, -0.1) is 0 Å². The third-order valence-electron chi connectivity index (χ3n) is 3.10. The molecule has 0 spiro atoms. The van der Waals surface area contributed by atoms with E-state index in [1.807, 2.05) is 37.3 Å². The molecular weight excluding hydrogens is 306 g/mol. The number of aryl methyl sites for hydroxylation is 1. The van der Waals surface area contributed by atoms with E-state index in [-0.39, 0.29) is 0 Å². The minimum atomic E-state index is 0.345. The lowest BCUT2D eigenvalue weighted by Gasteiger charge is -2.13. The number of halogens is 1. The normalized spacial score (nSPS) is 10.2. The number of methoxy groups -OCH3 is 1. The number of hydrogen-bond donors (Lipinski definition) is 1. The maximum Gasteiger partial charge on any atom is 0.125 e. The zero-order valence-corrected chi connectivity index (χ0v) is 13.4. The van der Waals surface area contributed by atoms with Gasteiger partial charge >= 0.3 is 0 Å². The molecule has 0 atom stereocenters. The minimum absolute atomic E-state index is 0.345. The molecule has 110 valence electrons. The third kappa shape index (κ3) is 3.86. The summed E-state index contributed by atoms with van der Waals surface area (Å²) in [5.74, 6) is 1.47. The Hall–Kier alpha value is -1.78. The first-order chi connectivity index (χ1) is 10.0. The molecular formula is C16H16ClNO2S. The maximum atomic E-state index is 5.99. The van der Waals surface area contributed by atoms with Gasteiger partial charge in [-0.05, 0) is 42.8 Å². The van der Waals surface area contributed by atoms with Gasteiger partial charge in [0, 0.05) is 16.1 Å². The highest BCUT2D eigenvalue weighted by Gasteiger charge is 2.08. The number of rotatable bonds is 5. The molecule has 3 nitrogen and oxygen atoms in total. The fourth-order valence-electron chi connectivity index (χ4n) is 1.93. The van der Waals surface area contributed by atoms with Crippen LogP contribution in [0.5, 0.6) is 11.5 Å². The van der Waals surface area contributed by atoms with Crippen LogP contribution in [-0.4, -0.2) is 12.1 Å². The fraction of sp³-hybridized carbons (Fsp3) is 0.188. The molecule has 0 bridgehead atoms. The Bertz CT molecular complexity index is 673. The Labute approximate surface area is 134 Å². The van der Waals surface area contributed by atoms with E-state index in [9.17, 15) is 0 Å². The molecule has 0 radical (unpaired) electrons. The largest absolute Gasteiger partial charge is 0.496 e. The molecule has 21 heavy (non-hydrogen) atoms. The summed E-state index contributed by atoms with van der Waals surface area (Å²) in [5.41, 5.74) is 8.34. The zero-order chi connectivity index (χ0) is 15.4. The lowest BCUT2D eigenvalue weighted by Crippen LogP contribution is -2.10. The van der Waals surface area contributed by atoms with Gasteiger partial charge in [0.2, 0.25) is 0 Å². The van der Waals surface area contributed by atoms with Crippen molar-refractivity contribution in [3.05, 3.63) is 58.1 Å². The smallest absolute Gasteiger partial charge is 0.125 e. The number of hydrogen-bond acceptors (Lipinski definition) is 3. The first-order valence-electron chi connectivity index (χ1n) is 6.37. The molecule has 2 rings (SSSR count). The number of thiocarbonyl (C=S) groups is 1. The summed E-state index contributed by atoms with van der Waals surface area (Å²) in [7, 11) is 1.61. The summed E-state index contributed by atoms with van der Waals surface area (Å²) in [6, 6.07) is 11.1. The van der Waals surface area contributed by atoms with Crippen LogP contribution in [-0.2, 0) is 6.61 Å². The molecule has 0 heterocycles. The van der Waals surface area contributed by atoms with E-state index in [4.69, 9.17) is 39.0 Å². The molecule has 0 saturated heterocycles. The summed E-state index contributed by atoms with van der Waals surface area (Å²) in [5, 5.41) is 0.638. The van der Waals surface area contributed by atoms with Crippen molar-refractivity contribution in [3.63, 3.8) is 0 Å². The number of ether oxygens (including phenoxy) is 2. The Balaban J connectivity index is 2.24. The molecule has 0 aliphatic heterocycles. The second kappa shape index (κ2) is 6.78. The summed E-state index contributed by atoms with van der Waals surface area (Å²) < 4.78 is 11.2. The maximum absolute atomic E-state index is 5.99. The molecule has 0 aliphatic carbocycles. The predicted octanol–water partition coefficient (Wildman–Crippen LogP) is 3.87. The van der Waals surface area contributed by atoms with Crippen LogP contribution >= 0.6 is 23.8 Å². The third-order valence-corrected chi connectivity index (χ3v) is 3.57. The van der Waals surface area contributed by atoms with Gasteiger partial charge in [0.1, 0.15) is 23.1 Å². The van der Waals surface area contributed by atoms with Crippen molar-refractivity contribution in [1.29, 1.82) is 0 Å². The monoisotopic (exact) mass is 321 g/mol. The Morgan fingerprint density at radius 2 is 1.95 bits per heavy atom. The SMILES string of the molecule is COc1ccc(C(N)=S)cc1COc1cc(Cl)ccc1C. The van der Waals surface area contributed by atoms with E-state index in [1.54, 1.807) is 13.2 Å². The van der Waals surface area contributed by atoms with E-state index >= 15 is 0 Å². The van der Waals surface area contributed by atoms with Crippen LogP contribution in [0.4, 0.5) is 0 Å². The summed E-state index contributed by atoms with van der Waals surface area (Å²) in [6.07, 6.45) is 0. The highest BCUT2D eigenvalue weighted by atomic mass is 35.5.